The molecular weight excluding hydrogens is 544 g/mol. The molecule has 13 heteroatoms. The van der Waals surface area contributed by atoms with Crippen LogP contribution in [0.1, 0.15) is 21.5 Å². The number of nitrogens with one attached hydrogen (secondary N) is 1. The molecule has 2 heterocycles. The molecule has 1 N–H and O–H groups in total. The number of carbonyl (C=O) groups is 1. The first-order valence-electron chi connectivity index (χ1n) is 10.6. The lowest BCUT2D eigenvalue weighted by Crippen LogP contribution is -2.41. The molecule has 1 amide bonds. The summed E-state index contributed by atoms with van der Waals surface area (Å²) in [7, 11) is 0. The van der Waals surface area contributed by atoms with Gasteiger partial charge < -0.3 is 4.57 Å². The van der Waals surface area contributed by atoms with Crippen LogP contribution in [0, 0.1) is 0 Å². The number of benzene rings is 2. The number of fused-ring (bicyclic) bond motifs is 1. The third kappa shape index (κ3) is 6.33. The van der Waals surface area contributed by atoms with Gasteiger partial charge in [0.05, 0.1) is 16.6 Å². The minimum Gasteiger partial charge on any atom is -0.301 e. The van der Waals surface area contributed by atoms with Crippen LogP contribution in [0.3, 0.4) is 0 Å². The Labute approximate surface area is 204 Å². The second-order valence-corrected chi connectivity index (χ2v) is 9.18. The van der Waals surface area contributed by atoms with Crippen LogP contribution >= 0.6 is 16.1 Å². The van der Waals surface area contributed by atoms with E-state index in [0.717, 1.165) is 54.5 Å². The van der Waals surface area contributed by atoms with E-state index < -0.39 is 36.3 Å². The van der Waals surface area contributed by atoms with Gasteiger partial charge in [0.25, 0.3) is 5.91 Å². The maximum absolute atomic E-state index is 13.3. The maximum atomic E-state index is 13.3. The van der Waals surface area contributed by atoms with Gasteiger partial charge in [0.2, 0.25) is 5.95 Å². The van der Waals surface area contributed by atoms with Crippen LogP contribution in [-0.2, 0) is 19.3 Å². The van der Waals surface area contributed by atoms with Gasteiger partial charge >= 0.3 is 12.4 Å². The zero-order valence-electron chi connectivity index (χ0n) is 18.1. The van der Waals surface area contributed by atoms with Crippen LogP contribution in [0.4, 0.5) is 32.3 Å². The van der Waals surface area contributed by atoms with E-state index in [4.69, 9.17) is 0 Å². The van der Waals surface area contributed by atoms with Crippen molar-refractivity contribution in [1.82, 2.24) is 18.4 Å². The number of alkyl halides is 6. The van der Waals surface area contributed by atoms with Crippen LogP contribution in [0.25, 0.3) is 11.0 Å². The van der Waals surface area contributed by atoms with Crippen molar-refractivity contribution in [2.45, 2.75) is 25.4 Å². The number of aromatic nitrogens is 2. The predicted octanol–water partition coefficient (Wildman–Crippen LogP) is 5.30. The largest absolute Gasteiger partial charge is 0.416 e. The number of nitrogens with zero attached hydrogens (tertiary/aromatic N) is 4. The van der Waals surface area contributed by atoms with E-state index in [2.05, 4.69) is 31.3 Å². The molecule has 1 saturated heterocycles. The first kappa shape index (κ1) is 25.5. The molecule has 1 fully saturated rings. The van der Waals surface area contributed by atoms with Crippen LogP contribution < -0.4 is 5.32 Å². The van der Waals surface area contributed by atoms with E-state index in [1.54, 1.807) is 12.1 Å². The van der Waals surface area contributed by atoms with Gasteiger partial charge in [-0.25, -0.2) is 8.91 Å². The molecule has 0 atom stereocenters. The number of piperazine rings is 1. The second kappa shape index (κ2) is 9.78. The Balaban J connectivity index is 1.63. The molecular formula is C22H20BrF6N5O. The van der Waals surface area contributed by atoms with Crippen LogP contribution in [0.15, 0.2) is 42.5 Å². The average Bonchev–Trinajstić information content (AvgIpc) is 3.09. The quantitative estimate of drug-likeness (QED) is 0.338. The van der Waals surface area contributed by atoms with E-state index in [0.29, 0.717) is 12.6 Å². The van der Waals surface area contributed by atoms with Crippen molar-refractivity contribution in [1.29, 1.82) is 0 Å². The van der Waals surface area contributed by atoms with Crippen molar-refractivity contribution >= 4 is 39.0 Å². The van der Waals surface area contributed by atoms with Gasteiger partial charge in [-0.1, -0.05) is 12.1 Å². The van der Waals surface area contributed by atoms with Crippen LogP contribution in [0.5, 0.6) is 0 Å². The van der Waals surface area contributed by atoms with Crippen LogP contribution in [-0.4, -0.2) is 56.6 Å². The third-order valence-corrected chi connectivity index (χ3v) is 6.26. The fraction of sp³-hybridized carbons (Fsp3) is 0.364. The summed E-state index contributed by atoms with van der Waals surface area (Å²) < 4.78 is 81.7. The normalized spacial score (nSPS) is 16.1. The average molecular weight is 564 g/mol. The molecule has 1 aromatic heterocycles. The van der Waals surface area contributed by atoms with Gasteiger partial charge in [-0.3, -0.25) is 15.0 Å². The minimum absolute atomic E-state index is 0.149. The molecule has 3 aromatic rings. The van der Waals surface area contributed by atoms with Gasteiger partial charge in [-0.2, -0.15) is 26.3 Å². The van der Waals surface area contributed by atoms with Crippen LogP contribution in [0.2, 0.25) is 0 Å². The molecule has 0 unspecified atom stereocenters. The number of hydrogen-bond donors (Lipinski definition) is 1. The lowest BCUT2D eigenvalue weighted by atomic mass is 10.1. The number of carbonyl (C=O) groups excluding carboxylic acids is 1. The zero-order chi connectivity index (χ0) is 25.4. The van der Waals surface area contributed by atoms with Gasteiger partial charge in [-0.15, -0.1) is 0 Å². The van der Waals surface area contributed by atoms with Gasteiger partial charge in [0, 0.05) is 54.4 Å². The highest BCUT2D eigenvalue weighted by atomic mass is 79.9. The fourth-order valence-corrected chi connectivity index (χ4v) is 4.18. The summed E-state index contributed by atoms with van der Waals surface area (Å²) >= 11 is 3.43. The van der Waals surface area contributed by atoms with E-state index in [1.165, 1.54) is 6.07 Å². The summed E-state index contributed by atoms with van der Waals surface area (Å²) in [6.45, 7) is 2.43. The third-order valence-electron chi connectivity index (χ3n) is 5.55. The van der Waals surface area contributed by atoms with Gasteiger partial charge in [0.15, 0.2) is 0 Å². The molecule has 0 spiro atoms. The smallest absolute Gasteiger partial charge is 0.301 e. The lowest BCUT2D eigenvalue weighted by Gasteiger charge is -2.31. The summed E-state index contributed by atoms with van der Waals surface area (Å²) in [6.07, 6.45) is -9.28. The molecule has 0 saturated carbocycles. The van der Waals surface area contributed by atoms with Crippen molar-refractivity contribution in [3.63, 3.8) is 0 Å². The summed E-state index contributed by atoms with van der Waals surface area (Å²) in [5, 5.41) is 2.25. The standard InChI is InChI=1S/C22H20BrF6N5O/c23-33-8-6-32(7-9-33)12-14-4-5-18-17(10-14)30-20(34(18)13-21(24,25)26)31-19(35)15-2-1-3-16(11-15)22(27,28)29/h1-5,10-11H,6-9,12-13H2,(H,30,31,35). The topological polar surface area (TPSA) is 53.4 Å². The lowest BCUT2D eigenvalue weighted by molar-refractivity contribution is -0.139. The highest BCUT2D eigenvalue weighted by molar-refractivity contribution is 9.07. The number of rotatable bonds is 5. The summed E-state index contributed by atoms with van der Waals surface area (Å²) in [5.74, 6) is -1.40. The highest BCUT2D eigenvalue weighted by Gasteiger charge is 2.32. The Kier molecular flexibility index (Phi) is 7.11. The number of hydrogen-bond acceptors (Lipinski definition) is 4. The Morgan fingerprint density at radius 1 is 1.00 bits per heavy atom. The molecule has 1 aliphatic rings. The van der Waals surface area contributed by atoms with E-state index in [1.807, 2.05) is 3.93 Å². The van der Waals surface area contributed by atoms with Crippen molar-refractivity contribution < 1.29 is 31.1 Å². The van der Waals surface area contributed by atoms with Gasteiger partial charge in [0.1, 0.15) is 6.54 Å². The Morgan fingerprint density at radius 2 is 1.71 bits per heavy atom. The maximum Gasteiger partial charge on any atom is 0.416 e. The molecule has 0 aliphatic carbocycles. The molecule has 1 aliphatic heterocycles. The van der Waals surface area contributed by atoms with E-state index >= 15 is 0 Å². The minimum atomic E-state index is -4.67. The Hall–Kier alpha value is -2.64. The van der Waals surface area contributed by atoms with Crippen molar-refractivity contribution in [2.75, 3.05) is 31.5 Å². The molecule has 188 valence electrons. The predicted molar refractivity (Wildman–Crippen MR) is 121 cm³/mol. The molecule has 0 bridgehead atoms. The van der Waals surface area contributed by atoms with Crippen molar-refractivity contribution in [2.24, 2.45) is 0 Å². The number of anilines is 1. The van der Waals surface area contributed by atoms with Crippen molar-refractivity contribution in [3.8, 4) is 0 Å². The Bertz CT molecular complexity index is 1220. The second-order valence-electron chi connectivity index (χ2n) is 8.18. The summed E-state index contributed by atoms with van der Waals surface area (Å²) in [6, 6.07) is 8.50. The Morgan fingerprint density at radius 3 is 2.37 bits per heavy atom. The van der Waals surface area contributed by atoms with E-state index in [-0.39, 0.29) is 16.6 Å². The fourth-order valence-electron chi connectivity index (χ4n) is 3.86. The first-order chi connectivity index (χ1) is 16.4. The van der Waals surface area contributed by atoms with E-state index in [9.17, 15) is 31.1 Å². The van der Waals surface area contributed by atoms with Gasteiger partial charge in [-0.05, 0) is 35.9 Å². The summed E-state index contributed by atoms with van der Waals surface area (Å²) in [5.41, 5.74) is -0.162. The van der Waals surface area contributed by atoms with Crippen molar-refractivity contribution in [3.05, 3.63) is 59.2 Å². The zero-order valence-corrected chi connectivity index (χ0v) is 19.7. The molecule has 35 heavy (non-hydrogen) atoms. The molecule has 2 aromatic carbocycles. The number of imidazole rings is 1. The highest BCUT2D eigenvalue weighted by Crippen LogP contribution is 2.30. The molecule has 4 rings (SSSR count). The SMILES string of the molecule is O=C(Nc1nc2cc(CN3CCN(Br)CC3)ccc2n1CC(F)(F)F)c1cccc(C(F)(F)F)c1. The monoisotopic (exact) mass is 563 g/mol. The number of amides is 1. The molecule has 6 nitrogen and oxygen atoms in total. The number of halogens is 7. The first-order valence-corrected chi connectivity index (χ1v) is 11.3. The molecule has 0 radical (unpaired) electrons. The summed E-state index contributed by atoms with van der Waals surface area (Å²) in [4.78, 5) is 19.0.